The van der Waals surface area contributed by atoms with Crippen LogP contribution in [-0.2, 0) is 6.42 Å². The second-order valence-corrected chi connectivity index (χ2v) is 10.1. The Labute approximate surface area is 207 Å². The minimum atomic E-state index is -1.64. The highest BCUT2D eigenvalue weighted by Crippen LogP contribution is 2.37. The van der Waals surface area contributed by atoms with Gasteiger partial charge in [0.2, 0.25) is 5.43 Å². The summed E-state index contributed by atoms with van der Waals surface area (Å²) in [5, 5.41) is 19.5. The van der Waals surface area contributed by atoms with Crippen LogP contribution in [0.3, 0.4) is 0 Å². The average molecular weight is 506 g/mol. The number of carboxylic acid groups (broad SMARTS) is 1. The number of pyridine rings is 1. The molecule has 0 saturated heterocycles. The van der Waals surface area contributed by atoms with Gasteiger partial charge in [-0.3, -0.25) is 4.79 Å². The van der Waals surface area contributed by atoms with Crippen molar-refractivity contribution in [2.24, 2.45) is 5.41 Å². The van der Waals surface area contributed by atoms with E-state index in [1.54, 1.807) is 28.8 Å². The highest BCUT2D eigenvalue weighted by Gasteiger charge is 2.29. The van der Waals surface area contributed by atoms with Gasteiger partial charge in [0.15, 0.2) is 5.75 Å². The standard InChI is InChI=1S/C26H29ClFNO6/c1-14(2)34-19-11-15(9-16-7-6-8-18(27)22(16)28)10-17-23(19)29(21(13-30)26(3,4)5)12-20(24(17)31)35-25(32)33/h6-8,10-12,14,21,30H,9,13H2,1-5H3,(H,32,33)/t21-/m1/s1. The van der Waals surface area contributed by atoms with E-state index in [-0.39, 0.29) is 29.5 Å². The van der Waals surface area contributed by atoms with E-state index in [9.17, 15) is 24.2 Å². The summed E-state index contributed by atoms with van der Waals surface area (Å²) in [5.74, 6) is -0.625. The number of aromatic nitrogens is 1. The Morgan fingerprint density at radius 1 is 1.20 bits per heavy atom. The van der Waals surface area contributed by atoms with Gasteiger partial charge in [0.05, 0.1) is 40.9 Å². The fraction of sp³-hybridized carbons (Fsp3) is 0.385. The molecular weight excluding hydrogens is 477 g/mol. The number of hydrogen-bond acceptors (Lipinski definition) is 5. The van der Waals surface area contributed by atoms with Gasteiger partial charge in [-0.2, -0.15) is 0 Å². The molecule has 0 aliphatic rings. The molecule has 2 N–H and O–H groups in total. The summed E-state index contributed by atoms with van der Waals surface area (Å²) >= 11 is 5.94. The van der Waals surface area contributed by atoms with E-state index >= 15 is 0 Å². The molecule has 7 nitrogen and oxygen atoms in total. The van der Waals surface area contributed by atoms with E-state index < -0.39 is 34.6 Å². The summed E-state index contributed by atoms with van der Waals surface area (Å²) in [6, 6.07) is 7.41. The molecule has 3 aromatic rings. The third kappa shape index (κ3) is 5.77. The number of benzene rings is 2. The van der Waals surface area contributed by atoms with Crippen LogP contribution in [0.15, 0.2) is 41.3 Å². The molecule has 0 spiro atoms. The molecule has 0 saturated carbocycles. The van der Waals surface area contributed by atoms with Crippen molar-refractivity contribution in [3.63, 3.8) is 0 Å². The zero-order valence-corrected chi connectivity index (χ0v) is 21.0. The minimum absolute atomic E-state index is 0.0163. The monoisotopic (exact) mass is 505 g/mol. The van der Waals surface area contributed by atoms with Crippen LogP contribution in [0.25, 0.3) is 10.9 Å². The van der Waals surface area contributed by atoms with Gasteiger partial charge in [0, 0.05) is 6.42 Å². The maximum absolute atomic E-state index is 14.6. The van der Waals surface area contributed by atoms with Crippen LogP contribution >= 0.6 is 11.6 Å². The number of hydrogen-bond donors (Lipinski definition) is 2. The van der Waals surface area contributed by atoms with E-state index in [4.69, 9.17) is 21.1 Å². The number of aliphatic hydroxyl groups excluding tert-OH is 1. The van der Waals surface area contributed by atoms with Crippen molar-refractivity contribution in [2.45, 2.75) is 53.2 Å². The number of ether oxygens (including phenoxy) is 2. The van der Waals surface area contributed by atoms with Crippen LogP contribution in [-0.4, -0.2) is 33.6 Å². The van der Waals surface area contributed by atoms with Crippen molar-refractivity contribution >= 4 is 28.7 Å². The summed E-state index contributed by atoms with van der Waals surface area (Å²) in [5.41, 5.74) is 0.127. The molecule has 0 radical (unpaired) electrons. The summed E-state index contributed by atoms with van der Waals surface area (Å²) in [6.07, 6.45) is -0.505. The molecule has 1 aromatic heterocycles. The van der Waals surface area contributed by atoms with Crippen molar-refractivity contribution < 1.29 is 28.9 Å². The van der Waals surface area contributed by atoms with E-state index in [0.717, 1.165) is 0 Å². The molecule has 1 atom stereocenters. The zero-order valence-electron chi connectivity index (χ0n) is 20.3. The fourth-order valence-electron chi connectivity index (χ4n) is 4.03. The first-order chi connectivity index (χ1) is 16.3. The fourth-order valence-corrected chi connectivity index (χ4v) is 4.22. The lowest BCUT2D eigenvalue weighted by atomic mass is 9.86. The zero-order chi connectivity index (χ0) is 26.1. The number of rotatable bonds is 7. The molecule has 0 aliphatic heterocycles. The largest absolute Gasteiger partial charge is 0.511 e. The molecule has 0 amide bonds. The van der Waals surface area contributed by atoms with Crippen molar-refractivity contribution in [3.8, 4) is 11.5 Å². The summed E-state index contributed by atoms with van der Waals surface area (Å²) in [7, 11) is 0. The second-order valence-electron chi connectivity index (χ2n) is 9.71. The van der Waals surface area contributed by atoms with Gasteiger partial charge < -0.3 is 24.3 Å². The lowest BCUT2D eigenvalue weighted by molar-refractivity contribution is 0.135. The first-order valence-corrected chi connectivity index (χ1v) is 11.5. The van der Waals surface area contributed by atoms with Gasteiger partial charge in [0.1, 0.15) is 11.6 Å². The van der Waals surface area contributed by atoms with Gasteiger partial charge in [-0.15, -0.1) is 0 Å². The van der Waals surface area contributed by atoms with Gasteiger partial charge in [0.25, 0.3) is 0 Å². The third-order valence-corrected chi connectivity index (χ3v) is 5.90. The van der Waals surface area contributed by atoms with Gasteiger partial charge in [-0.25, -0.2) is 9.18 Å². The number of nitrogens with zero attached hydrogens (tertiary/aromatic N) is 1. The normalized spacial score (nSPS) is 12.7. The number of halogens is 2. The Balaban J connectivity index is 2.38. The molecule has 2 aromatic carbocycles. The smallest absolute Gasteiger partial charge is 0.489 e. The molecular formula is C26H29ClFNO6. The van der Waals surface area contributed by atoms with Gasteiger partial charge in [-0.1, -0.05) is 44.5 Å². The second kappa shape index (κ2) is 10.3. The number of fused-ring (bicyclic) bond motifs is 1. The van der Waals surface area contributed by atoms with Crippen LogP contribution in [0.4, 0.5) is 9.18 Å². The van der Waals surface area contributed by atoms with E-state index in [1.165, 1.54) is 12.3 Å². The first kappa shape index (κ1) is 26.5. The van der Waals surface area contributed by atoms with Crippen molar-refractivity contribution in [3.05, 3.63) is 68.7 Å². The molecule has 0 fully saturated rings. The first-order valence-electron chi connectivity index (χ1n) is 11.2. The predicted molar refractivity (Wildman–Crippen MR) is 132 cm³/mol. The van der Waals surface area contributed by atoms with Crippen LogP contribution < -0.4 is 14.9 Å². The van der Waals surface area contributed by atoms with E-state index in [1.807, 2.05) is 34.6 Å². The van der Waals surface area contributed by atoms with Crippen LogP contribution in [0, 0.1) is 11.2 Å². The van der Waals surface area contributed by atoms with Crippen LogP contribution in [0.2, 0.25) is 5.02 Å². The third-order valence-electron chi connectivity index (χ3n) is 5.61. The topological polar surface area (TPSA) is 98.0 Å². The molecule has 188 valence electrons. The molecule has 35 heavy (non-hydrogen) atoms. The molecule has 0 aliphatic carbocycles. The van der Waals surface area contributed by atoms with Gasteiger partial charge >= 0.3 is 6.16 Å². The van der Waals surface area contributed by atoms with Gasteiger partial charge in [-0.05, 0) is 48.6 Å². The Hall–Kier alpha value is -3.10. The van der Waals surface area contributed by atoms with Crippen molar-refractivity contribution in [1.29, 1.82) is 0 Å². The summed E-state index contributed by atoms with van der Waals surface area (Å²) in [4.78, 5) is 24.6. The maximum Gasteiger partial charge on any atom is 0.511 e. The highest BCUT2D eigenvalue weighted by molar-refractivity contribution is 6.30. The number of aliphatic hydroxyl groups is 1. The Bertz CT molecular complexity index is 1310. The Morgan fingerprint density at radius 2 is 1.89 bits per heavy atom. The van der Waals surface area contributed by atoms with E-state index in [2.05, 4.69) is 0 Å². The average Bonchev–Trinajstić information content (AvgIpc) is 2.73. The quantitative estimate of drug-likeness (QED) is 0.393. The van der Waals surface area contributed by atoms with Crippen molar-refractivity contribution in [2.75, 3.05) is 6.61 Å². The molecule has 0 bridgehead atoms. The Kier molecular flexibility index (Phi) is 7.77. The SMILES string of the molecule is CC(C)Oc1cc(Cc2cccc(Cl)c2F)cc2c(=O)c(OC(=O)O)cn([C@H](CO)C(C)(C)C)c12. The summed E-state index contributed by atoms with van der Waals surface area (Å²) in [6.45, 7) is 9.10. The maximum atomic E-state index is 14.6. The van der Waals surface area contributed by atoms with E-state index in [0.29, 0.717) is 22.4 Å². The van der Waals surface area contributed by atoms with Crippen LogP contribution in [0.1, 0.15) is 51.8 Å². The molecule has 9 heteroatoms. The van der Waals surface area contributed by atoms with Crippen LogP contribution in [0.5, 0.6) is 11.5 Å². The Morgan fingerprint density at radius 3 is 2.46 bits per heavy atom. The lowest BCUT2D eigenvalue weighted by Gasteiger charge is -2.33. The molecule has 3 rings (SSSR count). The minimum Gasteiger partial charge on any atom is -0.489 e. The molecule has 1 heterocycles. The summed E-state index contributed by atoms with van der Waals surface area (Å²) < 4.78 is 27.1. The highest BCUT2D eigenvalue weighted by atomic mass is 35.5. The lowest BCUT2D eigenvalue weighted by Crippen LogP contribution is -2.30. The number of carbonyl (C=O) groups is 1. The predicted octanol–water partition coefficient (Wildman–Crippen LogP) is 5.81. The van der Waals surface area contributed by atoms with Crippen molar-refractivity contribution in [1.82, 2.24) is 4.57 Å². The molecule has 0 unspecified atom stereocenters.